The summed E-state index contributed by atoms with van der Waals surface area (Å²) in [6.45, 7) is 8.48. The Labute approximate surface area is 108 Å². The lowest BCUT2D eigenvalue weighted by atomic mass is 9.93. The summed E-state index contributed by atoms with van der Waals surface area (Å²) >= 11 is 0. The van der Waals surface area contributed by atoms with Gasteiger partial charge in [0.25, 0.3) is 0 Å². The number of rotatable bonds is 1. The van der Waals surface area contributed by atoms with Gasteiger partial charge in [-0.3, -0.25) is 0 Å². The van der Waals surface area contributed by atoms with Crippen molar-refractivity contribution >= 4 is 5.57 Å². The first-order valence-electron chi connectivity index (χ1n) is 6.30. The van der Waals surface area contributed by atoms with Crippen molar-refractivity contribution in [2.45, 2.75) is 20.3 Å². The van der Waals surface area contributed by atoms with E-state index in [1.807, 2.05) is 12.1 Å². The maximum absolute atomic E-state index is 5.94. The monoisotopic (exact) mass is 236 g/mol. The smallest absolute Gasteiger partial charge is 0.135 e. The highest BCUT2D eigenvalue weighted by molar-refractivity contribution is 5.87. The van der Waals surface area contributed by atoms with E-state index in [1.54, 1.807) is 0 Å². The molecular formula is C17H16O. The molecule has 0 unspecified atom stereocenters. The van der Waals surface area contributed by atoms with E-state index in [-0.39, 0.29) is 0 Å². The molecule has 0 aromatic heterocycles. The molecule has 0 spiro atoms. The van der Waals surface area contributed by atoms with Gasteiger partial charge < -0.3 is 4.74 Å². The quantitative estimate of drug-likeness (QED) is 0.593. The molecule has 18 heavy (non-hydrogen) atoms. The normalized spacial score (nSPS) is 12.7. The van der Waals surface area contributed by atoms with Crippen LogP contribution in [-0.4, -0.2) is 0 Å². The maximum Gasteiger partial charge on any atom is 0.135 e. The molecule has 0 saturated heterocycles. The highest BCUT2D eigenvalue weighted by atomic mass is 16.5. The Morgan fingerprint density at radius 2 is 1.67 bits per heavy atom. The maximum atomic E-state index is 5.94. The standard InChI is InChI=1S/C17H16O/c1-4-13-6-8-17-15(10-13)12(3)14-9-11(2)5-7-16(14)18-17/h5-10H,3-4H2,1-2H3. The van der Waals surface area contributed by atoms with Gasteiger partial charge >= 0.3 is 0 Å². The minimum atomic E-state index is 0.905. The summed E-state index contributed by atoms with van der Waals surface area (Å²) in [5.41, 5.74) is 5.83. The molecule has 0 saturated carbocycles. The topological polar surface area (TPSA) is 9.23 Å². The fourth-order valence-corrected chi connectivity index (χ4v) is 2.35. The highest BCUT2D eigenvalue weighted by Gasteiger charge is 2.20. The molecule has 1 aliphatic rings. The summed E-state index contributed by atoms with van der Waals surface area (Å²) in [7, 11) is 0. The van der Waals surface area contributed by atoms with Crippen molar-refractivity contribution in [2.24, 2.45) is 0 Å². The Morgan fingerprint density at radius 3 is 2.39 bits per heavy atom. The lowest BCUT2D eigenvalue weighted by molar-refractivity contribution is 0.474. The molecular weight excluding hydrogens is 220 g/mol. The van der Waals surface area contributed by atoms with Gasteiger partial charge in [0, 0.05) is 11.1 Å². The predicted molar refractivity (Wildman–Crippen MR) is 75.2 cm³/mol. The summed E-state index contributed by atoms with van der Waals surface area (Å²) in [6.07, 6.45) is 1.03. The van der Waals surface area contributed by atoms with Crippen molar-refractivity contribution in [3.05, 3.63) is 65.2 Å². The highest BCUT2D eigenvalue weighted by Crippen LogP contribution is 2.43. The van der Waals surface area contributed by atoms with Gasteiger partial charge in [0.15, 0.2) is 0 Å². The molecule has 0 atom stereocenters. The summed E-state index contributed by atoms with van der Waals surface area (Å²) in [5, 5.41) is 0. The summed E-state index contributed by atoms with van der Waals surface area (Å²) in [5.74, 6) is 1.82. The second kappa shape index (κ2) is 4.02. The summed E-state index contributed by atoms with van der Waals surface area (Å²) in [4.78, 5) is 0. The molecule has 2 aromatic rings. The van der Waals surface area contributed by atoms with E-state index in [0.29, 0.717) is 0 Å². The van der Waals surface area contributed by atoms with Crippen LogP contribution in [0.15, 0.2) is 43.0 Å². The molecule has 1 aliphatic heterocycles. The van der Waals surface area contributed by atoms with Crippen LogP contribution in [0.2, 0.25) is 0 Å². The lowest BCUT2D eigenvalue weighted by Gasteiger charge is -2.23. The molecule has 0 fully saturated rings. The van der Waals surface area contributed by atoms with Gasteiger partial charge in [0.05, 0.1) is 0 Å². The third-order valence-corrected chi connectivity index (χ3v) is 3.46. The molecule has 0 amide bonds. The second-order valence-corrected chi connectivity index (χ2v) is 4.76. The van der Waals surface area contributed by atoms with Crippen molar-refractivity contribution in [1.29, 1.82) is 0 Å². The van der Waals surface area contributed by atoms with E-state index in [4.69, 9.17) is 4.74 Å². The number of hydrogen-bond acceptors (Lipinski definition) is 1. The molecule has 3 rings (SSSR count). The van der Waals surface area contributed by atoms with Gasteiger partial charge in [0.2, 0.25) is 0 Å². The summed E-state index contributed by atoms with van der Waals surface area (Å²) in [6, 6.07) is 12.6. The lowest BCUT2D eigenvalue weighted by Crippen LogP contribution is -2.02. The second-order valence-electron chi connectivity index (χ2n) is 4.76. The number of hydrogen-bond donors (Lipinski definition) is 0. The largest absolute Gasteiger partial charge is 0.456 e. The van der Waals surface area contributed by atoms with Crippen molar-refractivity contribution in [3.8, 4) is 11.5 Å². The van der Waals surface area contributed by atoms with Crippen LogP contribution in [0.3, 0.4) is 0 Å². The van der Waals surface area contributed by atoms with Crippen LogP contribution in [0, 0.1) is 6.92 Å². The van der Waals surface area contributed by atoms with Crippen LogP contribution in [-0.2, 0) is 6.42 Å². The van der Waals surface area contributed by atoms with Gasteiger partial charge in [-0.15, -0.1) is 0 Å². The first-order valence-corrected chi connectivity index (χ1v) is 6.30. The van der Waals surface area contributed by atoms with Crippen molar-refractivity contribution < 1.29 is 4.74 Å². The van der Waals surface area contributed by atoms with Crippen LogP contribution >= 0.6 is 0 Å². The van der Waals surface area contributed by atoms with E-state index in [2.05, 4.69) is 44.7 Å². The third-order valence-electron chi connectivity index (χ3n) is 3.46. The fraction of sp³-hybridized carbons (Fsp3) is 0.176. The number of ether oxygens (including phenoxy) is 1. The zero-order valence-electron chi connectivity index (χ0n) is 10.8. The van der Waals surface area contributed by atoms with Gasteiger partial charge in [-0.05, 0) is 48.7 Å². The van der Waals surface area contributed by atoms with E-state index in [0.717, 1.165) is 34.6 Å². The molecule has 1 heteroatoms. The van der Waals surface area contributed by atoms with Gasteiger partial charge in [0.1, 0.15) is 11.5 Å². The SMILES string of the molecule is C=C1c2cc(C)ccc2Oc2ccc(CC)cc21. The molecule has 0 aliphatic carbocycles. The van der Waals surface area contributed by atoms with Crippen molar-refractivity contribution in [1.82, 2.24) is 0 Å². The van der Waals surface area contributed by atoms with E-state index in [1.165, 1.54) is 11.1 Å². The first-order chi connectivity index (χ1) is 8.69. The Bertz CT molecular complexity index is 638. The predicted octanol–water partition coefficient (Wildman–Crippen LogP) is 4.72. The fourth-order valence-electron chi connectivity index (χ4n) is 2.35. The van der Waals surface area contributed by atoms with Gasteiger partial charge in [-0.25, -0.2) is 0 Å². The Morgan fingerprint density at radius 1 is 1.00 bits per heavy atom. The van der Waals surface area contributed by atoms with E-state index < -0.39 is 0 Å². The Balaban J connectivity index is 2.16. The molecule has 0 N–H and O–H groups in total. The molecule has 0 radical (unpaired) electrons. The average molecular weight is 236 g/mol. The number of aryl methyl sites for hydroxylation is 2. The minimum Gasteiger partial charge on any atom is -0.456 e. The van der Waals surface area contributed by atoms with E-state index >= 15 is 0 Å². The Hall–Kier alpha value is -2.02. The van der Waals surface area contributed by atoms with Crippen LogP contribution in [0.1, 0.15) is 29.2 Å². The first kappa shape index (κ1) is 11.1. The van der Waals surface area contributed by atoms with Gasteiger partial charge in [-0.1, -0.05) is 31.2 Å². The van der Waals surface area contributed by atoms with Crippen LogP contribution in [0.25, 0.3) is 5.57 Å². The Kier molecular flexibility index (Phi) is 2.48. The summed E-state index contributed by atoms with van der Waals surface area (Å²) < 4.78 is 5.94. The third kappa shape index (κ3) is 1.63. The van der Waals surface area contributed by atoms with Crippen LogP contribution < -0.4 is 4.74 Å². The molecule has 2 aromatic carbocycles. The molecule has 90 valence electrons. The average Bonchev–Trinajstić information content (AvgIpc) is 2.40. The van der Waals surface area contributed by atoms with Crippen molar-refractivity contribution in [3.63, 3.8) is 0 Å². The van der Waals surface area contributed by atoms with Gasteiger partial charge in [-0.2, -0.15) is 0 Å². The molecule has 0 bridgehead atoms. The minimum absolute atomic E-state index is 0.905. The number of benzene rings is 2. The zero-order chi connectivity index (χ0) is 12.7. The number of fused-ring (bicyclic) bond motifs is 2. The van der Waals surface area contributed by atoms with Crippen LogP contribution in [0.5, 0.6) is 11.5 Å². The van der Waals surface area contributed by atoms with E-state index in [9.17, 15) is 0 Å². The van der Waals surface area contributed by atoms with Crippen molar-refractivity contribution in [2.75, 3.05) is 0 Å². The zero-order valence-corrected chi connectivity index (χ0v) is 10.8. The molecule has 1 heterocycles. The molecule has 1 nitrogen and oxygen atoms in total. The van der Waals surface area contributed by atoms with Crippen LogP contribution in [0.4, 0.5) is 0 Å².